The van der Waals surface area contributed by atoms with Gasteiger partial charge in [0.1, 0.15) is 0 Å². The molecule has 0 amide bonds. The van der Waals surface area contributed by atoms with Gasteiger partial charge in [-0.1, -0.05) is 0 Å². The topological polar surface area (TPSA) is 40.7 Å². The highest BCUT2D eigenvalue weighted by atomic mass is 15.1. The van der Waals surface area contributed by atoms with Crippen LogP contribution in [0.15, 0.2) is 12.3 Å². The van der Waals surface area contributed by atoms with Gasteiger partial charge in [-0.05, 0) is 19.0 Å². The zero-order valence-corrected chi connectivity index (χ0v) is 5.80. The standard InChI is InChI=1S/C7H11N3/c1-3-8-5-6(1)7-2-4-9-10-7/h2,4,6,8H,1,3,5H2,(H,9,10)/t6-/m1/s1. The Hall–Kier alpha value is -0.830. The van der Waals surface area contributed by atoms with Crippen molar-refractivity contribution in [2.75, 3.05) is 13.1 Å². The van der Waals surface area contributed by atoms with E-state index in [0.717, 1.165) is 13.1 Å². The molecule has 1 saturated heterocycles. The molecule has 0 spiro atoms. The van der Waals surface area contributed by atoms with Gasteiger partial charge in [0.15, 0.2) is 0 Å². The molecule has 1 aromatic rings. The van der Waals surface area contributed by atoms with E-state index in [4.69, 9.17) is 0 Å². The molecule has 1 aromatic heterocycles. The van der Waals surface area contributed by atoms with E-state index in [1.165, 1.54) is 12.1 Å². The summed E-state index contributed by atoms with van der Waals surface area (Å²) in [5.74, 6) is 0.645. The van der Waals surface area contributed by atoms with Crippen LogP contribution in [-0.4, -0.2) is 23.3 Å². The fraction of sp³-hybridized carbons (Fsp3) is 0.571. The molecule has 1 fully saturated rings. The minimum atomic E-state index is 0.645. The SMILES string of the molecule is c1cc([C@@H]2CCNC2)n[nH]1. The van der Waals surface area contributed by atoms with Crippen molar-refractivity contribution < 1.29 is 0 Å². The van der Waals surface area contributed by atoms with Gasteiger partial charge in [0.2, 0.25) is 0 Å². The van der Waals surface area contributed by atoms with Gasteiger partial charge in [-0.3, -0.25) is 5.10 Å². The predicted octanol–water partition coefficient (Wildman–Crippen LogP) is 0.487. The average Bonchev–Trinajstić information content (AvgIpc) is 2.59. The maximum absolute atomic E-state index is 4.13. The molecule has 0 radical (unpaired) electrons. The van der Waals surface area contributed by atoms with Crippen LogP contribution in [0.4, 0.5) is 0 Å². The third kappa shape index (κ3) is 0.926. The maximum atomic E-state index is 4.13. The normalized spacial score (nSPS) is 25.4. The number of hydrogen-bond donors (Lipinski definition) is 2. The molecule has 0 unspecified atom stereocenters. The van der Waals surface area contributed by atoms with Crippen molar-refractivity contribution in [3.63, 3.8) is 0 Å². The van der Waals surface area contributed by atoms with E-state index in [1.807, 2.05) is 6.20 Å². The molecule has 1 aliphatic heterocycles. The first kappa shape index (κ1) is 5.92. The van der Waals surface area contributed by atoms with E-state index in [1.54, 1.807) is 0 Å². The molecule has 10 heavy (non-hydrogen) atoms. The zero-order chi connectivity index (χ0) is 6.81. The largest absolute Gasteiger partial charge is 0.316 e. The average molecular weight is 137 g/mol. The molecule has 0 aromatic carbocycles. The lowest BCUT2D eigenvalue weighted by atomic mass is 10.1. The lowest BCUT2D eigenvalue weighted by Crippen LogP contribution is -2.08. The van der Waals surface area contributed by atoms with Crippen LogP contribution in [-0.2, 0) is 0 Å². The van der Waals surface area contributed by atoms with E-state index in [2.05, 4.69) is 21.6 Å². The van der Waals surface area contributed by atoms with Crippen molar-refractivity contribution >= 4 is 0 Å². The number of rotatable bonds is 1. The third-order valence-electron chi connectivity index (χ3n) is 2.00. The quantitative estimate of drug-likeness (QED) is 0.591. The lowest BCUT2D eigenvalue weighted by molar-refractivity contribution is 0.729. The molecular weight excluding hydrogens is 126 g/mol. The summed E-state index contributed by atoms with van der Waals surface area (Å²) in [5, 5.41) is 10.3. The van der Waals surface area contributed by atoms with Crippen LogP contribution in [0.2, 0.25) is 0 Å². The van der Waals surface area contributed by atoms with Gasteiger partial charge in [0.05, 0.1) is 5.69 Å². The molecule has 3 nitrogen and oxygen atoms in total. The van der Waals surface area contributed by atoms with E-state index in [-0.39, 0.29) is 0 Å². The Balaban J connectivity index is 2.12. The Morgan fingerprint density at radius 1 is 1.60 bits per heavy atom. The smallest absolute Gasteiger partial charge is 0.0666 e. The second-order valence-corrected chi connectivity index (χ2v) is 2.69. The molecule has 54 valence electrons. The van der Waals surface area contributed by atoms with Crippen molar-refractivity contribution in [1.29, 1.82) is 0 Å². The summed E-state index contributed by atoms with van der Waals surface area (Å²) in [6, 6.07) is 2.05. The van der Waals surface area contributed by atoms with Crippen molar-refractivity contribution in [2.24, 2.45) is 0 Å². The summed E-state index contributed by atoms with van der Waals surface area (Å²) in [5.41, 5.74) is 1.20. The van der Waals surface area contributed by atoms with Gasteiger partial charge >= 0.3 is 0 Å². The summed E-state index contributed by atoms with van der Waals surface area (Å²) in [6.45, 7) is 2.22. The van der Waals surface area contributed by atoms with Gasteiger partial charge in [-0.25, -0.2) is 0 Å². The summed E-state index contributed by atoms with van der Waals surface area (Å²) >= 11 is 0. The number of aromatic amines is 1. The molecular formula is C7H11N3. The fourth-order valence-corrected chi connectivity index (χ4v) is 1.41. The van der Waals surface area contributed by atoms with Crippen LogP contribution in [0.1, 0.15) is 18.0 Å². The Bertz CT molecular complexity index is 187. The van der Waals surface area contributed by atoms with Gasteiger partial charge in [0.25, 0.3) is 0 Å². The highest BCUT2D eigenvalue weighted by Gasteiger charge is 2.17. The van der Waals surface area contributed by atoms with Crippen LogP contribution in [0.3, 0.4) is 0 Å². The van der Waals surface area contributed by atoms with Crippen molar-refractivity contribution in [2.45, 2.75) is 12.3 Å². The second-order valence-electron chi connectivity index (χ2n) is 2.69. The lowest BCUT2D eigenvalue weighted by Gasteiger charge is -2.00. The number of H-pyrrole nitrogens is 1. The number of nitrogens with zero attached hydrogens (tertiary/aromatic N) is 1. The number of hydrogen-bond acceptors (Lipinski definition) is 2. The van der Waals surface area contributed by atoms with Crippen LogP contribution in [0.25, 0.3) is 0 Å². The zero-order valence-electron chi connectivity index (χ0n) is 5.80. The molecule has 0 saturated carbocycles. The van der Waals surface area contributed by atoms with Crippen LogP contribution in [0, 0.1) is 0 Å². The monoisotopic (exact) mass is 137 g/mol. The summed E-state index contributed by atoms with van der Waals surface area (Å²) in [4.78, 5) is 0. The Labute approximate surface area is 59.8 Å². The molecule has 2 N–H and O–H groups in total. The van der Waals surface area contributed by atoms with Crippen LogP contribution in [0.5, 0.6) is 0 Å². The third-order valence-corrected chi connectivity index (χ3v) is 2.00. The first-order chi connectivity index (χ1) is 4.97. The van der Waals surface area contributed by atoms with Gasteiger partial charge in [-0.2, -0.15) is 5.10 Å². The molecule has 2 rings (SSSR count). The highest BCUT2D eigenvalue weighted by Crippen LogP contribution is 2.18. The number of nitrogens with one attached hydrogen (secondary N) is 2. The molecule has 3 heteroatoms. The second kappa shape index (κ2) is 2.42. The molecule has 1 aliphatic rings. The van der Waals surface area contributed by atoms with Crippen molar-refractivity contribution in [3.05, 3.63) is 18.0 Å². The van der Waals surface area contributed by atoms with E-state index in [0.29, 0.717) is 5.92 Å². The first-order valence-electron chi connectivity index (χ1n) is 3.67. The van der Waals surface area contributed by atoms with E-state index < -0.39 is 0 Å². The Morgan fingerprint density at radius 2 is 2.60 bits per heavy atom. The first-order valence-corrected chi connectivity index (χ1v) is 3.67. The summed E-state index contributed by atoms with van der Waals surface area (Å²) < 4.78 is 0. The van der Waals surface area contributed by atoms with Gasteiger partial charge < -0.3 is 5.32 Å². The van der Waals surface area contributed by atoms with E-state index in [9.17, 15) is 0 Å². The van der Waals surface area contributed by atoms with Crippen LogP contribution < -0.4 is 5.32 Å². The molecule has 0 aliphatic carbocycles. The number of aromatic nitrogens is 2. The molecule has 1 atom stereocenters. The summed E-state index contributed by atoms with van der Waals surface area (Å²) in [7, 11) is 0. The maximum Gasteiger partial charge on any atom is 0.0666 e. The van der Waals surface area contributed by atoms with Crippen LogP contribution >= 0.6 is 0 Å². The van der Waals surface area contributed by atoms with Gasteiger partial charge in [-0.15, -0.1) is 0 Å². The summed E-state index contributed by atoms with van der Waals surface area (Å²) in [6.07, 6.45) is 3.11. The fourth-order valence-electron chi connectivity index (χ4n) is 1.41. The van der Waals surface area contributed by atoms with Gasteiger partial charge in [0, 0.05) is 18.7 Å². The minimum Gasteiger partial charge on any atom is -0.316 e. The molecule has 2 heterocycles. The predicted molar refractivity (Wildman–Crippen MR) is 38.8 cm³/mol. The highest BCUT2D eigenvalue weighted by molar-refractivity contribution is 5.07. The Kier molecular flexibility index (Phi) is 1.43. The van der Waals surface area contributed by atoms with Crippen molar-refractivity contribution in [1.82, 2.24) is 15.5 Å². The Morgan fingerprint density at radius 3 is 3.20 bits per heavy atom. The minimum absolute atomic E-state index is 0.645. The molecule has 0 bridgehead atoms. The van der Waals surface area contributed by atoms with Crippen molar-refractivity contribution in [3.8, 4) is 0 Å². The van der Waals surface area contributed by atoms with E-state index >= 15 is 0 Å².